The molecule has 1 unspecified atom stereocenters. The van der Waals surface area contributed by atoms with E-state index in [4.69, 9.17) is 0 Å². The normalized spacial score (nSPS) is 26.4. The summed E-state index contributed by atoms with van der Waals surface area (Å²) in [4.78, 5) is 12.2. The Hall–Kier alpha value is -0.570. The molecular weight excluding hydrogens is 236 g/mol. The molecule has 0 aromatic rings. The highest BCUT2D eigenvalue weighted by atomic mass is 16.1. The van der Waals surface area contributed by atoms with E-state index in [1.165, 1.54) is 38.5 Å². The molecule has 1 heterocycles. The predicted octanol–water partition coefficient (Wildman–Crippen LogP) is 2.32. The Balaban J connectivity index is 1.44. The minimum Gasteiger partial charge on any atom is -0.353 e. The molecule has 19 heavy (non-hydrogen) atoms. The van der Waals surface area contributed by atoms with Gasteiger partial charge in [0.1, 0.15) is 0 Å². The van der Waals surface area contributed by atoms with Crippen molar-refractivity contribution in [2.75, 3.05) is 13.1 Å². The largest absolute Gasteiger partial charge is 0.353 e. The lowest BCUT2D eigenvalue weighted by Gasteiger charge is -2.28. The van der Waals surface area contributed by atoms with E-state index in [-0.39, 0.29) is 0 Å². The Bertz CT molecular complexity index is 305. The lowest BCUT2D eigenvalue weighted by atomic mass is 9.84. The van der Waals surface area contributed by atoms with Gasteiger partial charge in [0, 0.05) is 12.5 Å². The van der Waals surface area contributed by atoms with E-state index in [1.54, 1.807) is 0 Å². The van der Waals surface area contributed by atoms with Gasteiger partial charge in [-0.1, -0.05) is 6.92 Å². The average Bonchev–Trinajstić information content (AvgIpc) is 3.30. The molecule has 2 N–H and O–H groups in total. The van der Waals surface area contributed by atoms with Crippen molar-refractivity contribution in [3.63, 3.8) is 0 Å². The van der Waals surface area contributed by atoms with Gasteiger partial charge in [0.05, 0.1) is 0 Å². The summed E-state index contributed by atoms with van der Waals surface area (Å²) in [5.41, 5.74) is 0. The van der Waals surface area contributed by atoms with E-state index in [0.29, 0.717) is 17.9 Å². The highest BCUT2D eigenvalue weighted by Gasteiger charge is 2.42. The second-order valence-electron chi connectivity index (χ2n) is 7.04. The second kappa shape index (κ2) is 5.82. The first-order valence-corrected chi connectivity index (χ1v) is 8.24. The zero-order chi connectivity index (χ0) is 13.2. The SMILES string of the molecule is CC(CC(=O)NC(C1CC1)C1CC1)C1CCNCC1. The summed E-state index contributed by atoms with van der Waals surface area (Å²) in [6.45, 7) is 4.52. The predicted molar refractivity (Wildman–Crippen MR) is 76.8 cm³/mol. The van der Waals surface area contributed by atoms with Gasteiger partial charge < -0.3 is 10.6 Å². The first-order valence-electron chi connectivity index (χ1n) is 8.24. The summed E-state index contributed by atoms with van der Waals surface area (Å²) in [5.74, 6) is 3.22. The van der Waals surface area contributed by atoms with E-state index < -0.39 is 0 Å². The molecule has 1 amide bonds. The van der Waals surface area contributed by atoms with Gasteiger partial charge in [0.25, 0.3) is 0 Å². The summed E-state index contributed by atoms with van der Waals surface area (Å²) >= 11 is 0. The zero-order valence-corrected chi connectivity index (χ0v) is 12.2. The van der Waals surface area contributed by atoms with Crippen LogP contribution in [-0.4, -0.2) is 25.0 Å². The molecule has 1 saturated heterocycles. The molecule has 3 heteroatoms. The Kier molecular flexibility index (Phi) is 4.11. The van der Waals surface area contributed by atoms with Gasteiger partial charge in [-0.05, 0) is 75.3 Å². The summed E-state index contributed by atoms with van der Waals surface area (Å²) < 4.78 is 0. The van der Waals surface area contributed by atoms with Gasteiger partial charge in [0.2, 0.25) is 5.91 Å². The third-order valence-electron chi connectivity index (χ3n) is 5.28. The van der Waals surface area contributed by atoms with E-state index in [0.717, 1.165) is 37.3 Å². The Morgan fingerprint density at radius 3 is 2.16 bits per heavy atom. The lowest BCUT2D eigenvalue weighted by molar-refractivity contribution is -0.123. The molecule has 1 aliphatic heterocycles. The van der Waals surface area contributed by atoms with Crippen molar-refractivity contribution in [2.45, 2.75) is 57.9 Å². The topological polar surface area (TPSA) is 41.1 Å². The van der Waals surface area contributed by atoms with Crippen molar-refractivity contribution >= 4 is 5.91 Å². The standard InChI is InChI=1S/C16H28N2O/c1-11(12-6-8-17-9-7-12)10-15(19)18-16(13-2-3-13)14-4-5-14/h11-14,16-17H,2-10H2,1H3,(H,18,19). The van der Waals surface area contributed by atoms with Crippen LogP contribution in [0.5, 0.6) is 0 Å². The maximum atomic E-state index is 12.2. The molecule has 0 bridgehead atoms. The van der Waals surface area contributed by atoms with Crippen molar-refractivity contribution < 1.29 is 4.79 Å². The Morgan fingerprint density at radius 2 is 1.63 bits per heavy atom. The highest BCUT2D eigenvalue weighted by molar-refractivity contribution is 5.76. The van der Waals surface area contributed by atoms with Crippen LogP contribution in [0.3, 0.4) is 0 Å². The Labute approximate surface area is 116 Å². The van der Waals surface area contributed by atoms with Crippen LogP contribution in [0.25, 0.3) is 0 Å². The quantitative estimate of drug-likeness (QED) is 0.773. The number of rotatable bonds is 6. The first kappa shape index (κ1) is 13.4. The van der Waals surface area contributed by atoms with Gasteiger partial charge >= 0.3 is 0 Å². The maximum Gasteiger partial charge on any atom is 0.220 e. The summed E-state index contributed by atoms with van der Waals surface area (Å²) in [6.07, 6.45) is 8.57. The number of amides is 1. The van der Waals surface area contributed by atoms with Crippen LogP contribution in [0, 0.1) is 23.7 Å². The maximum absolute atomic E-state index is 12.2. The van der Waals surface area contributed by atoms with E-state index in [2.05, 4.69) is 17.6 Å². The molecule has 1 atom stereocenters. The zero-order valence-electron chi connectivity index (χ0n) is 12.2. The van der Waals surface area contributed by atoms with Crippen LogP contribution >= 0.6 is 0 Å². The smallest absolute Gasteiger partial charge is 0.220 e. The van der Waals surface area contributed by atoms with Crippen molar-refractivity contribution in [1.82, 2.24) is 10.6 Å². The monoisotopic (exact) mass is 264 g/mol. The molecule has 0 aromatic heterocycles. The number of nitrogens with one attached hydrogen (secondary N) is 2. The third kappa shape index (κ3) is 3.71. The van der Waals surface area contributed by atoms with Gasteiger partial charge in [-0.15, -0.1) is 0 Å². The van der Waals surface area contributed by atoms with Gasteiger partial charge in [-0.3, -0.25) is 4.79 Å². The molecule has 108 valence electrons. The third-order valence-corrected chi connectivity index (χ3v) is 5.28. The van der Waals surface area contributed by atoms with Crippen LogP contribution in [-0.2, 0) is 4.79 Å². The van der Waals surface area contributed by atoms with Crippen molar-refractivity contribution in [3.8, 4) is 0 Å². The first-order chi connectivity index (χ1) is 9.24. The second-order valence-corrected chi connectivity index (χ2v) is 7.04. The molecule has 3 aliphatic rings. The summed E-state index contributed by atoms with van der Waals surface area (Å²) in [6, 6.07) is 0.521. The van der Waals surface area contributed by atoms with Crippen molar-refractivity contribution in [1.29, 1.82) is 0 Å². The highest BCUT2D eigenvalue weighted by Crippen LogP contribution is 2.44. The molecule has 0 aromatic carbocycles. The Morgan fingerprint density at radius 1 is 1.05 bits per heavy atom. The molecule has 3 fully saturated rings. The number of carbonyl (C=O) groups excluding carboxylic acids is 1. The molecule has 2 saturated carbocycles. The van der Waals surface area contributed by atoms with E-state index in [1.807, 2.05) is 0 Å². The van der Waals surface area contributed by atoms with Gasteiger partial charge in [0.15, 0.2) is 0 Å². The van der Waals surface area contributed by atoms with Crippen LogP contribution in [0.4, 0.5) is 0 Å². The molecular formula is C16H28N2O. The van der Waals surface area contributed by atoms with Crippen LogP contribution in [0.2, 0.25) is 0 Å². The summed E-state index contributed by atoms with van der Waals surface area (Å²) in [5, 5.41) is 6.76. The summed E-state index contributed by atoms with van der Waals surface area (Å²) in [7, 11) is 0. The molecule has 3 rings (SSSR count). The van der Waals surface area contributed by atoms with Crippen molar-refractivity contribution in [2.24, 2.45) is 23.7 Å². The minimum absolute atomic E-state index is 0.315. The van der Waals surface area contributed by atoms with Crippen molar-refractivity contribution in [3.05, 3.63) is 0 Å². The molecule has 0 spiro atoms. The molecule has 0 radical (unpaired) electrons. The molecule has 3 nitrogen and oxygen atoms in total. The van der Waals surface area contributed by atoms with E-state index >= 15 is 0 Å². The number of hydrogen-bond donors (Lipinski definition) is 2. The fourth-order valence-corrected chi connectivity index (χ4v) is 3.65. The van der Waals surface area contributed by atoms with E-state index in [9.17, 15) is 4.79 Å². The lowest BCUT2D eigenvalue weighted by Crippen LogP contribution is -2.40. The number of carbonyl (C=O) groups is 1. The fraction of sp³-hybridized carbons (Fsp3) is 0.938. The minimum atomic E-state index is 0.315. The number of hydrogen-bond acceptors (Lipinski definition) is 2. The number of piperidine rings is 1. The molecule has 2 aliphatic carbocycles. The van der Waals surface area contributed by atoms with Crippen LogP contribution in [0.15, 0.2) is 0 Å². The average molecular weight is 264 g/mol. The van der Waals surface area contributed by atoms with Crippen LogP contribution < -0.4 is 10.6 Å². The van der Waals surface area contributed by atoms with Gasteiger partial charge in [-0.25, -0.2) is 0 Å². The fourth-order valence-electron chi connectivity index (χ4n) is 3.65. The van der Waals surface area contributed by atoms with Gasteiger partial charge in [-0.2, -0.15) is 0 Å². The van der Waals surface area contributed by atoms with Crippen LogP contribution in [0.1, 0.15) is 51.9 Å².